The van der Waals surface area contributed by atoms with E-state index in [1.165, 1.54) is 37.7 Å². The van der Waals surface area contributed by atoms with Crippen molar-refractivity contribution in [3.05, 3.63) is 48.0 Å². The third-order valence-electron chi connectivity index (χ3n) is 6.36. The summed E-state index contributed by atoms with van der Waals surface area (Å²) in [5, 5.41) is 3.07. The van der Waals surface area contributed by atoms with Gasteiger partial charge in [-0.2, -0.15) is 0 Å². The van der Waals surface area contributed by atoms with E-state index in [0.717, 1.165) is 0 Å². The fourth-order valence-corrected chi connectivity index (χ4v) is 6.64. The first-order valence-electron chi connectivity index (χ1n) is 10.6. The van der Waals surface area contributed by atoms with Crippen LogP contribution >= 0.6 is 0 Å². The highest BCUT2D eigenvalue weighted by Gasteiger charge is 2.60. The van der Waals surface area contributed by atoms with Gasteiger partial charge in [0.2, 0.25) is 5.88 Å². The van der Waals surface area contributed by atoms with Gasteiger partial charge in [0.1, 0.15) is 23.8 Å². The van der Waals surface area contributed by atoms with Crippen LogP contribution in [0.1, 0.15) is 24.4 Å². The summed E-state index contributed by atoms with van der Waals surface area (Å²) >= 11 is 0. The van der Waals surface area contributed by atoms with Crippen LogP contribution in [0.4, 0.5) is 20.3 Å². The van der Waals surface area contributed by atoms with Crippen molar-refractivity contribution in [1.29, 1.82) is 0 Å². The van der Waals surface area contributed by atoms with Gasteiger partial charge in [-0.05, 0) is 43.0 Å². The molecule has 2 atom stereocenters. The van der Waals surface area contributed by atoms with Crippen LogP contribution in [-0.4, -0.2) is 53.5 Å². The van der Waals surface area contributed by atoms with E-state index in [2.05, 4.69) is 25.3 Å². The molecule has 0 radical (unpaired) electrons. The third kappa shape index (κ3) is 3.52. The molecule has 0 spiro atoms. The SMILES string of the molecule is COc1cnc2c(Nc3ccc(F)c(C4CS(=O)(=O)[C@@](CF)(C5CC5)C(N)=N4)c3)nccc2n1. The number of amidine groups is 1. The number of hydrogen-bond acceptors (Lipinski definition) is 9. The zero-order chi connectivity index (χ0) is 24.1. The maximum atomic E-state index is 14.8. The average molecular weight is 489 g/mol. The van der Waals surface area contributed by atoms with Crippen LogP contribution in [0.2, 0.25) is 0 Å². The zero-order valence-electron chi connectivity index (χ0n) is 18.2. The molecule has 0 amide bonds. The molecule has 1 saturated carbocycles. The summed E-state index contributed by atoms with van der Waals surface area (Å²) in [4.78, 5) is 17.2. The number of ether oxygens (including phenoxy) is 1. The number of hydrogen-bond donors (Lipinski definition) is 2. The number of aromatic nitrogens is 3. The van der Waals surface area contributed by atoms with Crippen LogP contribution in [0.5, 0.6) is 5.88 Å². The molecule has 1 fully saturated rings. The maximum absolute atomic E-state index is 14.8. The third-order valence-corrected chi connectivity index (χ3v) is 8.88. The Labute approximate surface area is 194 Å². The first-order chi connectivity index (χ1) is 16.3. The Kier molecular flexibility index (Phi) is 5.34. The van der Waals surface area contributed by atoms with Gasteiger partial charge in [-0.3, -0.25) is 4.99 Å². The molecule has 3 aromatic rings. The molecule has 178 valence electrons. The molecule has 2 aromatic heterocycles. The lowest BCUT2D eigenvalue weighted by atomic mass is 10.0. The second kappa shape index (κ2) is 8.12. The summed E-state index contributed by atoms with van der Waals surface area (Å²) < 4.78 is 58.3. The highest BCUT2D eigenvalue weighted by molar-refractivity contribution is 7.93. The molecule has 1 aliphatic heterocycles. The number of pyridine rings is 1. The summed E-state index contributed by atoms with van der Waals surface area (Å²) in [5.74, 6) is -1.12. The molecular formula is C22H22F2N6O3S. The van der Waals surface area contributed by atoms with Crippen LogP contribution in [0.3, 0.4) is 0 Å². The number of rotatable bonds is 6. The smallest absolute Gasteiger partial charge is 0.232 e. The number of halogens is 2. The molecule has 1 aliphatic carbocycles. The Morgan fingerprint density at radius 2 is 2.06 bits per heavy atom. The van der Waals surface area contributed by atoms with E-state index < -0.39 is 38.9 Å². The lowest BCUT2D eigenvalue weighted by Crippen LogP contribution is -2.58. The number of sulfone groups is 1. The molecule has 0 saturated heterocycles. The standard InChI is InChI=1S/C22H22F2N6O3S/c1-33-18-9-27-19-16(29-18)6-7-26-20(19)28-13-4-5-15(24)14(8-13)17-10-34(31,32)22(11-23,12-2-3-12)21(25)30-17/h4-9,12,17H,2-3,10-11H2,1H3,(H2,25,30)(H,26,28)/t17?,22-/m0/s1. The van der Waals surface area contributed by atoms with E-state index in [4.69, 9.17) is 10.5 Å². The van der Waals surface area contributed by atoms with E-state index in [1.807, 2.05) is 0 Å². The lowest BCUT2D eigenvalue weighted by Gasteiger charge is -2.36. The van der Waals surface area contributed by atoms with Gasteiger partial charge >= 0.3 is 0 Å². The number of methoxy groups -OCH3 is 1. The van der Waals surface area contributed by atoms with Gasteiger partial charge < -0.3 is 15.8 Å². The average Bonchev–Trinajstić information content (AvgIpc) is 3.65. The molecule has 3 heterocycles. The zero-order valence-corrected chi connectivity index (χ0v) is 19.0. The maximum Gasteiger partial charge on any atom is 0.232 e. The Morgan fingerprint density at radius 3 is 2.74 bits per heavy atom. The van der Waals surface area contributed by atoms with Gasteiger partial charge in [-0.25, -0.2) is 32.2 Å². The first-order valence-corrected chi connectivity index (χ1v) is 12.3. The summed E-state index contributed by atoms with van der Waals surface area (Å²) in [5.41, 5.74) is 7.50. The minimum absolute atomic E-state index is 0.0350. The minimum Gasteiger partial charge on any atom is -0.480 e. The van der Waals surface area contributed by atoms with Crippen molar-refractivity contribution in [2.24, 2.45) is 16.6 Å². The number of anilines is 2. The monoisotopic (exact) mass is 488 g/mol. The Balaban J connectivity index is 1.51. The molecular weight excluding hydrogens is 466 g/mol. The number of alkyl halides is 1. The van der Waals surface area contributed by atoms with Crippen molar-refractivity contribution in [2.75, 3.05) is 24.9 Å². The summed E-state index contributed by atoms with van der Waals surface area (Å²) in [7, 11) is -2.52. The van der Waals surface area contributed by atoms with Crippen LogP contribution in [0, 0.1) is 11.7 Å². The quantitative estimate of drug-likeness (QED) is 0.541. The van der Waals surface area contributed by atoms with Crippen molar-refractivity contribution in [3.63, 3.8) is 0 Å². The summed E-state index contributed by atoms with van der Waals surface area (Å²) in [6, 6.07) is 4.72. The number of nitrogens with zero attached hydrogens (tertiary/aromatic N) is 4. The number of benzene rings is 1. The summed E-state index contributed by atoms with van der Waals surface area (Å²) in [6.45, 7) is -1.13. The number of aliphatic imine (C=N–C) groups is 1. The van der Waals surface area contributed by atoms with Gasteiger partial charge in [0.25, 0.3) is 0 Å². The second-order valence-electron chi connectivity index (χ2n) is 8.41. The molecule has 9 nitrogen and oxygen atoms in total. The van der Waals surface area contributed by atoms with Crippen LogP contribution < -0.4 is 15.8 Å². The number of fused-ring (bicyclic) bond motifs is 1. The van der Waals surface area contributed by atoms with Gasteiger partial charge in [0, 0.05) is 17.4 Å². The Morgan fingerprint density at radius 1 is 1.26 bits per heavy atom. The Hall–Kier alpha value is -3.41. The van der Waals surface area contributed by atoms with Gasteiger partial charge in [0.05, 0.1) is 30.6 Å². The predicted molar refractivity (Wildman–Crippen MR) is 123 cm³/mol. The highest BCUT2D eigenvalue weighted by atomic mass is 32.2. The largest absolute Gasteiger partial charge is 0.480 e. The van der Waals surface area contributed by atoms with Crippen LogP contribution in [0.15, 0.2) is 41.7 Å². The fraction of sp³-hybridized carbons (Fsp3) is 0.364. The van der Waals surface area contributed by atoms with Crippen molar-refractivity contribution in [3.8, 4) is 5.88 Å². The lowest BCUT2D eigenvalue weighted by molar-refractivity contribution is 0.397. The molecule has 5 rings (SSSR count). The number of nitrogens with one attached hydrogen (secondary N) is 1. The molecule has 3 N–H and O–H groups in total. The first kappa shape index (κ1) is 22.4. The minimum atomic E-state index is -4.00. The molecule has 1 aromatic carbocycles. The van der Waals surface area contributed by atoms with Crippen LogP contribution in [-0.2, 0) is 9.84 Å². The van der Waals surface area contributed by atoms with E-state index >= 15 is 0 Å². The van der Waals surface area contributed by atoms with E-state index in [9.17, 15) is 17.2 Å². The van der Waals surface area contributed by atoms with Crippen molar-refractivity contribution < 1.29 is 21.9 Å². The fourth-order valence-electron chi connectivity index (χ4n) is 4.40. The van der Waals surface area contributed by atoms with Crippen molar-refractivity contribution in [2.45, 2.75) is 23.6 Å². The molecule has 2 aliphatic rings. The molecule has 0 bridgehead atoms. The summed E-state index contributed by atoms with van der Waals surface area (Å²) in [6.07, 6.45) is 4.14. The normalized spacial score (nSPS) is 24.0. The Bertz CT molecular complexity index is 1410. The van der Waals surface area contributed by atoms with E-state index in [1.54, 1.807) is 6.07 Å². The van der Waals surface area contributed by atoms with E-state index in [0.29, 0.717) is 41.3 Å². The van der Waals surface area contributed by atoms with E-state index in [-0.39, 0.29) is 17.3 Å². The van der Waals surface area contributed by atoms with Crippen LogP contribution in [0.25, 0.3) is 11.0 Å². The molecule has 12 heteroatoms. The topological polar surface area (TPSA) is 132 Å². The van der Waals surface area contributed by atoms with Gasteiger partial charge in [-0.1, -0.05) is 0 Å². The van der Waals surface area contributed by atoms with Gasteiger partial charge in [-0.15, -0.1) is 0 Å². The molecule has 1 unspecified atom stereocenters. The molecule has 34 heavy (non-hydrogen) atoms. The second-order valence-corrected chi connectivity index (χ2v) is 10.7. The number of nitrogens with two attached hydrogens (primary N) is 1. The van der Waals surface area contributed by atoms with Crippen molar-refractivity contribution >= 4 is 38.2 Å². The predicted octanol–water partition coefficient (Wildman–Crippen LogP) is 2.86. The van der Waals surface area contributed by atoms with Crippen molar-refractivity contribution in [1.82, 2.24) is 15.0 Å². The highest BCUT2D eigenvalue weighted by Crippen LogP contribution is 2.48. The van der Waals surface area contributed by atoms with Gasteiger partial charge in [0.15, 0.2) is 20.4 Å².